The highest BCUT2D eigenvalue weighted by Crippen LogP contribution is 2.35. The number of hydrogen-bond donors (Lipinski definition) is 2. The van der Waals surface area contributed by atoms with Crippen LogP contribution in [-0.2, 0) is 6.18 Å². The molecule has 1 amide bonds. The Bertz CT molecular complexity index is 894. The van der Waals surface area contributed by atoms with Crippen molar-refractivity contribution in [1.82, 2.24) is 4.98 Å². The Morgan fingerprint density at radius 3 is 2.23 bits per heavy atom. The van der Waals surface area contributed by atoms with Crippen LogP contribution in [0.3, 0.4) is 0 Å². The molecular weight excluding hydrogens is 343 g/mol. The van der Waals surface area contributed by atoms with Gasteiger partial charge in [0.15, 0.2) is 0 Å². The van der Waals surface area contributed by atoms with E-state index in [1.165, 1.54) is 36.5 Å². The fraction of sp³-hybridized carbons (Fsp3) is 0.0526. The zero-order valence-corrected chi connectivity index (χ0v) is 13.4. The van der Waals surface area contributed by atoms with E-state index in [4.69, 9.17) is 0 Å². The van der Waals surface area contributed by atoms with Crippen molar-refractivity contribution in [2.75, 3.05) is 10.6 Å². The summed E-state index contributed by atoms with van der Waals surface area (Å²) in [6, 6.07) is 17.0. The molecule has 0 bridgehead atoms. The van der Waals surface area contributed by atoms with Gasteiger partial charge in [0, 0.05) is 11.9 Å². The van der Waals surface area contributed by atoms with Gasteiger partial charge in [0.2, 0.25) is 0 Å². The van der Waals surface area contributed by atoms with Crippen LogP contribution in [0.5, 0.6) is 0 Å². The Labute approximate surface area is 147 Å². The molecule has 0 radical (unpaired) electrons. The molecule has 1 heterocycles. The number of hydrogen-bond acceptors (Lipinski definition) is 3. The van der Waals surface area contributed by atoms with Crippen molar-refractivity contribution in [3.63, 3.8) is 0 Å². The van der Waals surface area contributed by atoms with Crippen molar-refractivity contribution in [2.24, 2.45) is 0 Å². The van der Waals surface area contributed by atoms with E-state index in [0.717, 1.165) is 6.07 Å². The summed E-state index contributed by atoms with van der Waals surface area (Å²) in [4.78, 5) is 16.2. The van der Waals surface area contributed by atoms with Gasteiger partial charge in [-0.05, 0) is 36.4 Å². The zero-order chi connectivity index (χ0) is 18.6. The Morgan fingerprint density at radius 1 is 0.885 bits per heavy atom. The van der Waals surface area contributed by atoms with Crippen LogP contribution in [0, 0.1) is 0 Å². The second-order valence-corrected chi connectivity index (χ2v) is 5.42. The van der Waals surface area contributed by atoms with Crippen LogP contribution in [-0.4, -0.2) is 10.9 Å². The highest BCUT2D eigenvalue weighted by molar-refractivity contribution is 6.04. The van der Waals surface area contributed by atoms with E-state index < -0.39 is 11.7 Å². The number of aromatic nitrogens is 1. The number of amides is 1. The molecule has 2 aromatic carbocycles. The van der Waals surface area contributed by atoms with Crippen molar-refractivity contribution in [3.05, 3.63) is 84.1 Å². The quantitative estimate of drug-likeness (QED) is 0.683. The van der Waals surface area contributed by atoms with Gasteiger partial charge in [-0.15, -0.1) is 0 Å². The van der Waals surface area contributed by atoms with Crippen molar-refractivity contribution in [2.45, 2.75) is 6.18 Å². The van der Waals surface area contributed by atoms with Crippen molar-refractivity contribution < 1.29 is 18.0 Å². The summed E-state index contributed by atoms with van der Waals surface area (Å²) in [6.07, 6.45) is -3.17. The van der Waals surface area contributed by atoms with Crippen LogP contribution >= 0.6 is 0 Å². The van der Waals surface area contributed by atoms with Crippen LogP contribution in [0.1, 0.15) is 15.9 Å². The molecule has 132 valence electrons. The monoisotopic (exact) mass is 357 g/mol. The lowest BCUT2D eigenvalue weighted by atomic mass is 10.1. The third-order valence-electron chi connectivity index (χ3n) is 3.55. The number of pyridine rings is 1. The Hall–Kier alpha value is -3.35. The number of alkyl halides is 3. The smallest absolute Gasteiger partial charge is 0.340 e. The van der Waals surface area contributed by atoms with Crippen molar-refractivity contribution in [1.29, 1.82) is 0 Å². The molecular formula is C19H14F3N3O. The van der Waals surface area contributed by atoms with E-state index in [1.54, 1.807) is 24.3 Å². The van der Waals surface area contributed by atoms with Gasteiger partial charge in [-0.25, -0.2) is 4.98 Å². The van der Waals surface area contributed by atoms with Gasteiger partial charge in [0.1, 0.15) is 5.82 Å². The van der Waals surface area contributed by atoms with Gasteiger partial charge >= 0.3 is 6.18 Å². The molecule has 1 aromatic heterocycles. The van der Waals surface area contributed by atoms with E-state index in [2.05, 4.69) is 15.6 Å². The number of para-hydroxylation sites is 2. The molecule has 0 saturated heterocycles. The number of carbonyl (C=O) groups is 1. The second kappa shape index (κ2) is 7.26. The topological polar surface area (TPSA) is 54.0 Å². The molecule has 2 N–H and O–H groups in total. The molecule has 7 heteroatoms. The normalized spacial score (nSPS) is 11.0. The average Bonchev–Trinajstić information content (AvgIpc) is 2.63. The molecule has 0 aliphatic rings. The van der Waals surface area contributed by atoms with Gasteiger partial charge in [-0.1, -0.05) is 30.3 Å². The lowest BCUT2D eigenvalue weighted by Crippen LogP contribution is -2.12. The summed E-state index contributed by atoms with van der Waals surface area (Å²) in [6.45, 7) is 0. The molecule has 3 aromatic rings. The third kappa shape index (κ3) is 4.18. The Balaban J connectivity index is 1.74. The summed E-state index contributed by atoms with van der Waals surface area (Å²) in [5, 5.41) is 5.34. The summed E-state index contributed by atoms with van der Waals surface area (Å²) in [5.74, 6) is -0.149. The summed E-state index contributed by atoms with van der Waals surface area (Å²) >= 11 is 0. The highest BCUT2D eigenvalue weighted by Gasteiger charge is 2.33. The number of benzene rings is 2. The van der Waals surface area contributed by atoms with Gasteiger partial charge in [-0.2, -0.15) is 13.2 Å². The molecule has 0 atom stereocenters. The molecule has 0 saturated carbocycles. The maximum atomic E-state index is 13.0. The molecule has 26 heavy (non-hydrogen) atoms. The summed E-state index contributed by atoms with van der Waals surface area (Å²) in [7, 11) is 0. The predicted octanol–water partition coefficient (Wildman–Crippen LogP) is 5.10. The fourth-order valence-electron chi connectivity index (χ4n) is 2.30. The molecule has 0 fully saturated rings. The number of carbonyl (C=O) groups excluding carboxylic acids is 1. The van der Waals surface area contributed by atoms with E-state index in [1.807, 2.05) is 6.07 Å². The third-order valence-corrected chi connectivity index (χ3v) is 3.55. The first-order chi connectivity index (χ1) is 12.4. The van der Waals surface area contributed by atoms with Gasteiger partial charge in [-0.3, -0.25) is 4.79 Å². The van der Waals surface area contributed by atoms with Crippen LogP contribution in [0.25, 0.3) is 0 Å². The molecule has 3 rings (SSSR count). The number of nitrogens with zero attached hydrogens (tertiary/aromatic N) is 1. The van der Waals surface area contributed by atoms with Crippen LogP contribution in [0.2, 0.25) is 0 Å². The molecule has 0 aliphatic carbocycles. The number of anilines is 3. The molecule has 0 unspecified atom stereocenters. The number of rotatable bonds is 4. The standard InChI is InChI=1S/C19H14F3N3O/c20-19(21,22)15-8-4-5-9-16(15)25-17-11-10-13(12-23-17)18(26)24-14-6-2-1-3-7-14/h1-12H,(H,23,25)(H,24,26). The SMILES string of the molecule is O=C(Nc1ccccc1)c1ccc(Nc2ccccc2C(F)(F)F)nc1. The Kier molecular flexibility index (Phi) is 4.88. The molecule has 4 nitrogen and oxygen atoms in total. The minimum absolute atomic E-state index is 0.103. The summed E-state index contributed by atoms with van der Waals surface area (Å²) in [5.41, 5.74) is 0.0454. The van der Waals surface area contributed by atoms with E-state index in [-0.39, 0.29) is 17.4 Å². The van der Waals surface area contributed by atoms with Crippen LogP contribution in [0.4, 0.5) is 30.4 Å². The highest BCUT2D eigenvalue weighted by atomic mass is 19.4. The second-order valence-electron chi connectivity index (χ2n) is 5.42. The number of nitrogens with one attached hydrogen (secondary N) is 2. The van der Waals surface area contributed by atoms with E-state index >= 15 is 0 Å². The van der Waals surface area contributed by atoms with Crippen LogP contribution < -0.4 is 10.6 Å². The average molecular weight is 357 g/mol. The maximum absolute atomic E-state index is 13.0. The van der Waals surface area contributed by atoms with Crippen molar-refractivity contribution >= 4 is 23.1 Å². The minimum atomic E-state index is -4.47. The first kappa shape index (κ1) is 17.5. The molecule has 0 aliphatic heterocycles. The van der Waals surface area contributed by atoms with E-state index in [9.17, 15) is 18.0 Å². The van der Waals surface area contributed by atoms with E-state index in [0.29, 0.717) is 11.3 Å². The lowest BCUT2D eigenvalue weighted by molar-refractivity contribution is -0.136. The van der Waals surface area contributed by atoms with Gasteiger partial charge in [0.25, 0.3) is 5.91 Å². The first-order valence-electron chi connectivity index (χ1n) is 7.69. The first-order valence-corrected chi connectivity index (χ1v) is 7.69. The zero-order valence-electron chi connectivity index (χ0n) is 13.4. The Morgan fingerprint density at radius 2 is 1.58 bits per heavy atom. The fourth-order valence-corrected chi connectivity index (χ4v) is 2.30. The number of halogens is 3. The molecule has 0 spiro atoms. The predicted molar refractivity (Wildman–Crippen MR) is 93.4 cm³/mol. The lowest BCUT2D eigenvalue weighted by Gasteiger charge is -2.14. The van der Waals surface area contributed by atoms with Crippen LogP contribution in [0.15, 0.2) is 72.9 Å². The summed E-state index contributed by atoms with van der Waals surface area (Å²) < 4.78 is 39.0. The van der Waals surface area contributed by atoms with Crippen molar-refractivity contribution in [3.8, 4) is 0 Å². The minimum Gasteiger partial charge on any atom is -0.340 e. The largest absolute Gasteiger partial charge is 0.418 e. The maximum Gasteiger partial charge on any atom is 0.418 e. The van der Waals surface area contributed by atoms with Gasteiger partial charge in [0.05, 0.1) is 16.8 Å². The van der Waals surface area contributed by atoms with Gasteiger partial charge < -0.3 is 10.6 Å².